The first-order chi connectivity index (χ1) is 9.24. The van der Waals surface area contributed by atoms with Gasteiger partial charge in [0, 0.05) is 25.7 Å². The molecule has 0 aliphatic carbocycles. The van der Waals surface area contributed by atoms with Crippen molar-refractivity contribution in [1.82, 2.24) is 0 Å². The van der Waals surface area contributed by atoms with E-state index < -0.39 is 5.97 Å². The molecule has 0 unspecified atom stereocenters. The van der Waals surface area contributed by atoms with Crippen LogP contribution in [0.1, 0.15) is 12.0 Å². The number of hydrogen-bond donors (Lipinski definition) is 1. The van der Waals surface area contributed by atoms with E-state index in [4.69, 9.17) is 5.11 Å². The Morgan fingerprint density at radius 2 is 1.89 bits per heavy atom. The smallest absolute Gasteiger partial charge is 0.315 e. The Hall–Kier alpha value is -2.31. The van der Waals surface area contributed by atoms with Crippen LogP contribution in [0.5, 0.6) is 0 Å². The quantitative estimate of drug-likeness (QED) is 0.679. The van der Waals surface area contributed by atoms with Crippen molar-refractivity contribution in [2.45, 2.75) is 6.42 Å². The number of fused-ring (bicyclic) bond motifs is 3. The van der Waals surface area contributed by atoms with E-state index >= 15 is 0 Å². The number of hydrogen-bond acceptors (Lipinski definition) is 2. The summed E-state index contributed by atoms with van der Waals surface area (Å²) in [7, 11) is 0. The van der Waals surface area contributed by atoms with E-state index in [-0.39, 0.29) is 6.42 Å². The monoisotopic (exact) mass is 266 g/mol. The zero-order valence-electron chi connectivity index (χ0n) is 10.0. The second-order valence-corrected chi connectivity index (χ2v) is 5.27. The Balaban J connectivity index is 2.10. The van der Waals surface area contributed by atoms with Gasteiger partial charge in [-0.1, -0.05) is 30.0 Å². The molecular formula is C16H10O2S. The summed E-state index contributed by atoms with van der Waals surface area (Å²) >= 11 is 1.76. The third kappa shape index (κ3) is 2.31. The molecule has 0 saturated carbocycles. The molecule has 0 bridgehead atoms. The maximum atomic E-state index is 10.4. The SMILES string of the molecule is O=C(O)CC#Cc1ccc2sc3ccccc3c2c1. The molecule has 2 nitrogen and oxygen atoms in total. The molecule has 3 heteroatoms. The van der Waals surface area contributed by atoms with Crippen molar-refractivity contribution in [1.29, 1.82) is 0 Å². The van der Waals surface area contributed by atoms with Crippen molar-refractivity contribution >= 4 is 37.5 Å². The van der Waals surface area contributed by atoms with Crippen LogP contribution < -0.4 is 0 Å². The lowest BCUT2D eigenvalue weighted by Gasteiger charge is -1.93. The predicted molar refractivity (Wildman–Crippen MR) is 78.5 cm³/mol. The minimum absolute atomic E-state index is 0.123. The van der Waals surface area contributed by atoms with Crippen molar-refractivity contribution < 1.29 is 9.90 Å². The predicted octanol–water partition coefficient (Wildman–Crippen LogP) is 3.88. The van der Waals surface area contributed by atoms with Gasteiger partial charge in [-0.05, 0) is 24.3 Å². The average molecular weight is 266 g/mol. The molecule has 0 aliphatic heterocycles. The molecule has 1 N–H and O–H groups in total. The first kappa shape index (κ1) is 11.8. The highest BCUT2D eigenvalue weighted by atomic mass is 32.1. The minimum atomic E-state index is -0.894. The van der Waals surface area contributed by atoms with E-state index in [1.54, 1.807) is 11.3 Å². The lowest BCUT2D eigenvalue weighted by Crippen LogP contribution is -1.90. The van der Waals surface area contributed by atoms with Crippen LogP contribution in [-0.2, 0) is 4.79 Å². The van der Waals surface area contributed by atoms with Crippen LogP contribution in [0, 0.1) is 11.8 Å². The Bertz CT molecular complexity index is 834. The summed E-state index contributed by atoms with van der Waals surface area (Å²) in [6, 6.07) is 14.3. The first-order valence-electron chi connectivity index (χ1n) is 5.86. The molecule has 1 aromatic heterocycles. The van der Waals surface area contributed by atoms with Crippen molar-refractivity contribution in [3.63, 3.8) is 0 Å². The summed E-state index contributed by atoms with van der Waals surface area (Å²) in [5.74, 6) is 4.66. The molecule has 19 heavy (non-hydrogen) atoms. The van der Waals surface area contributed by atoms with E-state index in [1.807, 2.05) is 30.3 Å². The van der Waals surface area contributed by atoms with E-state index in [0.717, 1.165) is 5.56 Å². The third-order valence-electron chi connectivity index (χ3n) is 2.85. The maximum Gasteiger partial charge on any atom is 0.315 e. The van der Waals surface area contributed by atoms with Crippen molar-refractivity contribution in [2.24, 2.45) is 0 Å². The second kappa shape index (κ2) is 4.75. The fourth-order valence-electron chi connectivity index (χ4n) is 2.03. The highest BCUT2D eigenvalue weighted by Crippen LogP contribution is 2.33. The zero-order chi connectivity index (χ0) is 13.2. The molecule has 0 radical (unpaired) electrons. The van der Waals surface area contributed by atoms with Crippen LogP contribution >= 0.6 is 11.3 Å². The first-order valence-corrected chi connectivity index (χ1v) is 6.67. The molecule has 0 fully saturated rings. The summed E-state index contributed by atoms with van der Waals surface area (Å²) in [5, 5.41) is 11.0. The minimum Gasteiger partial charge on any atom is -0.481 e. The van der Waals surface area contributed by atoms with Crippen LogP contribution in [0.15, 0.2) is 42.5 Å². The van der Waals surface area contributed by atoms with Crippen LogP contribution in [0.3, 0.4) is 0 Å². The molecule has 3 rings (SSSR count). The molecule has 3 aromatic rings. The third-order valence-corrected chi connectivity index (χ3v) is 4.00. The normalized spacial score (nSPS) is 10.3. The van der Waals surface area contributed by atoms with Crippen LogP contribution in [0.2, 0.25) is 0 Å². The van der Waals surface area contributed by atoms with Crippen molar-refractivity contribution in [3.8, 4) is 11.8 Å². The van der Waals surface area contributed by atoms with Crippen molar-refractivity contribution in [2.75, 3.05) is 0 Å². The summed E-state index contributed by atoms with van der Waals surface area (Å²) in [4.78, 5) is 10.4. The van der Waals surface area contributed by atoms with Crippen LogP contribution in [0.4, 0.5) is 0 Å². The van der Waals surface area contributed by atoms with Crippen LogP contribution in [0.25, 0.3) is 20.2 Å². The van der Waals surface area contributed by atoms with Gasteiger partial charge < -0.3 is 5.11 Å². The van der Waals surface area contributed by atoms with E-state index in [2.05, 4.69) is 24.0 Å². The molecule has 0 atom stereocenters. The Morgan fingerprint density at radius 1 is 1.11 bits per heavy atom. The maximum absolute atomic E-state index is 10.4. The van der Waals surface area contributed by atoms with Crippen molar-refractivity contribution in [3.05, 3.63) is 48.0 Å². The highest BCUT2D eigenvalue weighted by Gasteiger charge is 2.04. The van der Waals surface area contributed by atoms with Crippen LogP contribution in [-0.4, -0.2) is 11.1 Å². The lowest BCUT2D eigenvalue weighted by molar-refractivity contribution is -0.135. The zero-order valence-corrected chi connectivity index (χ0v) is 10.8. The fourth-order valence-corrected chi connectivity index (χ4v) is 3.11. The van der Waals surface area contributed by atoms with Gasteiger partial charge in [-0.25, -0.2) is 0 Å². The fraction of sp³-hybridized carbons (Fsp3) is 0.0625. The Morgan fingerprint density at radius 3 is 2.74 bits per heavy atom. The standard InChI is InChI=1S/C16H10O2S/c17-16(18)7-3-4-11-8-9-15-13(10-11)12-5-1-2-6-14(12)19-15/h1-2,5-6,8-10H,7H2,(H,17,18). The van der Waals surface area contributed by atoms with Gasteiger partial charge in [0.25, 0.3) is 0 Å². The van der Waals surface area contributed by atoms with E-state index in [9.17, 15) is 4.79 Å². The molecule has 1 heterocycles. The van der Waals surface area contributed by atoms with E-state index in [0.29, 0.717) is 0 Å². The van der Waals surface area contributed by atoms with Gasteiger partial charge in [-0.2, -0.15) is 0 Å². The molecule has 2 aromatic carbocycles. The van der Waals surface area contributed by atoms with Gasteiger partial charge in [0.05, 0.1) is 0 Å². The van der Waals surface area contributed by atoms with Gasteiger partial charge in [0.2, 0.25) is 0 Å². The summed E-state index contributed by atoms with van der Waals surface area (Å²) < 4.78 is 2.48. The molecule has 0 aliphatic rings. The number of carboxylic acids is 1. The van der Waals surface area contributed by atoms with Gasteiger partial charge in [-0.3, -0.25) is 4.79 Å². The van der Waals surface area contributed by atoms with Gasteiger partial charge in [-0.15, -0.1) is 11.3 Å². The highest BCUT2D eigenvalue weighted by molar-refractivity contribution is 7.25. The summed E-state index contributed by atoms with van der Waals surface area (Å²) in [5.41, 5.74) is 0.859. The summed E-state index contributed by atoms with van der Waals surface area (Å²) in [6.07, 6.45) is -0.123. The van der Waals surface area contributed by atoms with Gasteiger partial charge in [0.1, 0.15) is 6.42 Å². The number of carboxylic acid groups (broad SMARTS) is 1. The number of benzene rings is 2. The average Bonchev–Trinajstić information content (AvgIpc) is 2.76. The lowest BCUT2D eigenvalue weighted by atomic mass is 10.1. The number of thiophene rings is 1. The summed E-state index contributed by atoms with van der Waals surface area (Å²) in [6.45, 7) is 0. The molecule has 0 amide bonds. The molecule has 92 valence electrons. The number of carbonyl (C=O) groups is 1. The second-order valence-electron chi connectivity index (χ2n) is 4.18. The van der Waals surface area contributed by atoms with E-state index in [1.165, 1.54) is 20.2 Å². The van der Waals surface area contributed by atoms with Gasteiger partial charge >= 0.3 is 5.97 Å². The van der Waals surface area contributed by atoms with Gasteiger partial charge in [0.15, 0.2) is 0 Å². The largest absolute Gasteiger partial charge is 0.481 e. The molecular weight excluding hydrogens is 256 g/mol. The molecule has 0 spiro atoms. The number of aliphatic carboxylic acids is 1. The topological polar surface area (TPSA) is 37.3 Å². The Kier molecular flexibility index (Phi) is 2.94. The molecule has 0 saturated heterocycles. The Labute approximate surface area is 114 Å². The number of rotatable bonds is 1.